The lowest BCUT2D eigenvalue weighted by Gasteiger charge is -2.49. The molecule has 4 aliphatic rings. The highest BCUT2D eigenvalue weighted by molar-refractivity contribution is 6.24. The minimum atomic E-state index is -1.35. The van der Waals surface area contributed by atoms with E-state index in [1.807, 2.05) is 6.08 Å². The first-order chi connectivity index (χ1) is 21.0. The van der Waals surface area contributed by atoms with Gasteiger partial charge in [0.25, 0.3) is 0 Å². The monoisotopic (exact) mass is 602 g/mol. The topological polar surface area (TPSA) is 151 Å². The Morgan fingerprint density at radius 3 is 2.39 bits per heavy atom. The number of benzene rings is 2. The Hall–Kier alpha value is -4.67. The number of para-hydroxylation sites is 1. The predicted octanol–water partition coefficient (Wildman–Crippen LogP) is 3.50. The summed E-state index contributed by atoms with van der Waals surface area (Å²) in [7, 11) is 2.89. The number of nitrogens with zero attached hydrogens (tertiary/aromatic N) is 2. The maximum atomic E-state index is 14.5. The van der Waals surface area contributed by atoms with Crippen LogP contribution in [0.3, 0.4) is 0 Å². The average Bonchev–Trinajstić information content (AvgIpc) is 3.37. The lowest BCUT2D eigenvalue weighted by molar-refractivity contribution is -0.142. The van der Waals surface area contributed by atoms with Gasteiger partial charge in [0.2, 0.25) is 23.6 Å². The van der Waals surface area contributed by atoms with Crippen molar-refractivity contribution < 1.29 is 43.7 Å². The van der Waals surface area contributed by atoms with Gasteiger partial charge in [-0.1, -0.05) is 29.8 Å². The van der Waals surface area contributed by atoms with Crippen LogP contribution >= 0.6 is 0 Å². The third kappa shape index (κ3) is 4.20. The molecule has 2 aliphatic heterocycles. The molecule has 6 unspecified atom stereocenters. The van der Waals surface area contributed by atoms with Gasteiger partial charge in [-0.2, -0.15) is 0 Å². The second-order valence-corrected chi connectivity index (χ2v) is 12.1. The normalized spacial score (nSPS) is 29.2. The van der Waals surface area contributed by atoms with E-state index in [0.717, 1.165) is 4.90 Å². The van der Waals surface area contributed by atoms with E-state index in [-0.39, 0.29) is 49.6 Å². The Morgan fingerprint density at radius 1 is 1.00 bits per heavy atom. The molecule has 230 valence electrons. The quantitative estimate of drug-likeness (QED) is 0.342. The summed E-state index contributed by atoms with van der Waals surface area (Å²) in [4.78, 5) is 69.5. The van der Waals surface area contributed by atoms with Crippen molar-refractivity contribution in [2.45, 2.75) is 38.5 Å². The summed E-state index contributed by atoms with van der Waals surface area (Å²) < 4.78 is 11.1. The minimum absolute atomic E-state index is 0.00408. The molecule has 3 fully saturated rings. The zero-order valence-electron chi connectivity index (χ0n) is 24.7. The van der Waals surface area contributed by atoms with Gasteiger partial charge in [-0.3, -0.25) is 28.9 Å². The van der Waals surface area contributed by atoms with E-state index in [9.17, 15) is 29.1 Å². The number of aromatic hydroxyl groups is 1. The minimum Gasteiger partial charge on any atom is -0.507 e. The zero-order chi connectivity index (χ0) is 31.5. The van der Waals surface area contributed by atoms with Gasteiger partial charge in [-0.15, -0.1) is 0 Å². The molecule has 0 aromatic heterocycles. The van der Waals surface area contributed by atoms with Gasteiger partial charge >= 0.3 is 5.97 Å². The number of hydrogen-bond acceptors (Lipinski definition) is 8. The lowest BCUT2D eigenvalue weighted by atomic mass is 9.51. The molecule has 2 N–H and O–H groups in total. The number of carboxylic acid groups (broad SMARTS) is 1. The zero-order valence-corrected chi connectivity index (χ0v) is 24.7. The molecule has 11 nitrogen and oxygen atoms in total. The third-order valence-corrected chi connectivity index (χ3v) is 9.99. The molecule has 4 amide bonds. The number of carboxylic acids is 1. The van der Waals surface area contributed by atoms with Crippen LogP contribution < -0.4 is 14.4 Å². The summed E-state index contributed by atoms with van der Waals surface area (Å²) in [6, 6.07) is 11.7. The number of likely N-dealkylation sites (tertiary alicyclic amines) is 1. The fourth-order valence-electron chi connectivity index (χ4n) is 7.98. The number of phenols is 1. The number of allylic oxidation sites excluding steroid dienone is 2. The molecule has 6 rings (SSSR count). The largest absolute Gasteiger partial charge is 0.507 e. The number of carbonyl (C=O) groups is 5. The first-order valence-electron chi connectivity index (χ1n) is 14.7. The van der Waals surface area contributed by atoms with Crippen molar-refractivity contribution in [3.63, 3.8) is 0 Å². The van der Waals surface area contributed by atoms with E-state index >= 15 is 0 Å². The molecular weight excluding hydrogens is 568 g/mol. The molecule has 0 bridgehead atoms. The van der Waals surface area contributed by atoms with Gasteiger partial charge in [0.1, 0.15) is 17.2 Å². The highest BCUT2D eigenvalue weighted by Gasteiger charge is 2.68. The van der Waals surface area contributed by atoms with Crippen LogP contribution in [0.25, 0.3) is 0 Å². The smallest absolute Gasteiger partial charge is 0.303 e. The van der Waals surface area contributed by atoms with Crippen LogP contribution in [0.2, 0.25) is 0 Å². The van der Waals surface area contributed by atoms with Gasteiger partial charge in [-0.05, 0) is 44.2 Å². The number of ether oxygens (including phenoxy) is 2. The highest BCUT2D eigenvalue weighted by Crippen LogP contribution is 2.65. The molecule has 2 aliphatic carbocycles. The summed E-state index contributed by atoms with van der Waals surface area (Å²) in [6.07, 6.45) is 2.24. The molecule has 44 heavy (non-hydrogen) atoms. The Kier molecular flexibility index (Phi) is 7.22. The first kappa shape index (κ1) is 29.4. The van der Waals surface area contributed by atoms with Crippen molar-refractivity contribution in [2.24, 2.45) is 29.1 Å². The Labute approximate surface area is 254 Å². The first-order valence-corrected chi connectivity index (χ1v) is 14.7. The number of hydrogen-bond donors (Lipinski definition) is 2. The molecule has 2 aromatic carbocycles. The number of carbonyl (C=O) groups excluding carboxylic acids is 4. The van der Waals surface area contributed by atoms with Crippen LogP contribution in [0, 0.1) is 29.1 Å². The van der Waals surface area contributed by atoms with Crippen molar-refractivity contribution in [2.75, 3.05) is 25.7 Å². The summed E-state index contributed by atoms with van der Waals surface area (Å²) in [5, 5.41) is 20.5. The Balaban J connectivity index is 1.50. The summed E-state index contributed by atoms with van der Waals surface area (Å²) in [5.74, 6) is -5.91. The number of methoxy groups -OCH3 is 2. The summed E-state index contributed by atoms with van der Waals surface area (Å²) >= 11 is 0. The summed E-state index contributed by atoms with van der Waals surface area (Å²) in [6.45, 7) is 1.73. The van der Waals surface area contributed by atoms with Crippen LogP contribution in [-0.2, 0) is 24.0 Å². The van der Waals surface area contributed by atoms with Crippen LogP contribution in [0.15, 0.2) is 54.1 Å². The van der Waals surface area contributed by atoms with Crippen LogP contribution in [0.1, 0.15) is 44.1 Å². The number of amides is 4. The second kappa shape index (κ2) is 10.8. The van der Waals surface area contributed by atoms with Crippen molar-refractivity contribution in [1.29, 1.82) is 0 Å². The van der Waals surface area contributed by atoms with Crippen molar-refractivity contribution in [3.05, 3.63) is 59.7 Å². The van der Waals surface area contributed by atoms with Crippen molar-refractivity contribution >= 4 is 35.3 Å². The molecule has 0 radical (unpaired) electrons. The molecule has 2 saturated heterocycles. The van der Waals surface area contributed by atoms with E-state index in [1.165, 1.54) is 25.2 Å². The van der Waals surface area contributed by atoms with Gasteiger partial charge in [-0.25, -0.2) is 4.90 Å². The fourth-order valence-corrected chi connectivity index (χ4v) is 7.98. The fraction of sp³-hybridized carbons (Fsp3) is 0.424. The van der Waals surface area contributed by atoms with E-state index in [0.29, 0.717) is 22.6 Å². The maximum absolute atomic E-state index is 14.5. The SMILES string of the molecule is COc1cc(O)c(C2C3=CCC4C(=O)N(CCCC(=O)O)C(=O)C4C3CC3C(=O)N(c4ccccc4)C(=O)C32C)c(OC)c1. The number of anilines is 1. The van der Waals surface area contributed by atoms with E-state index in [1.54, 1.807) is 43.3 Å². The molecule has 2 heterocycles. The molecule has 0 spiro atoms. The Morgan fingerprint density at radius 2 is 1.73 bits per heavy atom. The van der Waals surface area contributed by atoms with Crippen LogP contribution in [0.4, 0.5) is 5.69 Å². The van der Waals surface area contributed by atoms with Gasteiger partial charge in [0, 0.05) is 36.6 Å². The van der Waals surface area contributed by atoms with E-state index in [4.69, 9.17) is 14.6 Å². The number of fused-ring (bicyclic) bond motifs is 4. The van der Waals surface area contributed by atoms with Gasteiger partial charge in [0.15, 0.2) is 0 Å². The van der Waals surface area contributed by atoms with E-state index < -0.39 is 58.7 Å². The number of rotatable bonds is 8. The predicted molar refractivity (Wildman–Crippen MR) is 156 cm³/mol. The molecular formula is C33H34N2O9. The molecule has 6 atom stereocenters. The lowest BCUT2D eigenvalue weighted by Crippen LogP contribution is -2.49. The van der Waals surface area contributed by atoms with Crippen molar-refractivity contribution in [3.8, 4) is 17.2 Å². The number of imide groups is 2. The number of aliphatic carboxylic acids is 1. The number of phenolic OH excluding ortho intramolecular Hbond substituents is 1. The van der Waals surface area contributed by atoms with Gasteiger partial charge < -0.3 is 19.7 Å². The molecule has 1 saturated carbocycles. The van der Waals surface area contributed by atoms with Crippen LogP contribution in [-0.4, -0.2) is 65.5 Å². The average molecular weight is 603 g/mol. The molecule has 11 heteroatoms. The second-order valence-electron chi connectivity index (χ2n) is 12.1. The highest BCUT2D eigenvalue weighted by atomic mass is 16.5. The standard InChI is InChI=1S/C33H34N2O9/c1-33-22(30(40)35(32(33)42)17-8-5-4-6-9-17)16-21-19(28(33)27-23(36)14-18(43-2)15-24(27)44-3)11-12-20-26(21)31(41)34(29(20)39)13-7-10-25(37)38/h4-6,8-9,11,14-15,20-22,26,28,36H,7,10,12-13,16H2,1-3H3,(H,37,38). The van der Waals surface area contributed by atoms with Crippen molar-refractivity contribution in [1.82, 2.24) is 4.90 Å². The van der Waals surface area contributed by atoms with Gasteiger partial charge in [0.05, 0.1) is 43.1 Å². The maximum Gasteiger partial charge on any atom is 0.303 e. The van der Waals surface area contributed by atoms with Crippen LogP contribution in [0.5, 0.6) is 17.2 Å². The third-order valence-electron chi connectivity index (χ3n) is 9.99. The summed E-state index contributed by atoms with van der Waals surface area (Å²) in [5.41, 5.74) is 0.0814. The van der Waals surface area contributed by atoms with E-state index in [2.05, 4.69) is 0 Å². The Bertz CT molecular complexity index is 1600. The molecule has 2 aromatic rings.